The zero-order valence-corrected chi connectivity index (χ0v) is 13.6. The lowest BCUT2D eigenvalue weighted by atomic mass is 9.84. The summed E-state index contributed by atoms with van der Waals surface area (Å²) in [4.78, 5) is 27.7. The number of nitrogens with zero attached hydrogens (tertiary/aromatic N) is 2. The van der Waals surface area contributed by atoms with Crippen LogP contribution in [0.1, 0.15) is 25.7 Å². The van der Waals surface area contributed by atoms with Gasteiger partial charge in [-0.05, 0) is 25.2 Å². The second-order valence-electron chi connectivity index (χ2n) is 6.38. The summed E-state index contributed by atoms with van der Waals surface area (Å²) < 4.78 is 5.46. The van der Waals surface area contributed by atoms with Gasteiger partial charge in [0.1, 0.15) is 0 Å². The Hall–Kier alpha value is -1.82. The predicted octanol–water partition coefficient (Wildman–Crippen LogP) is 2.13. The lowest BCUT2D eigenvalue weighted by Gasteiger charge is -2.43. The van der Waals surface area contributed by atoms with Gasteiger partial charge in [0.2, 0.25) is 0 Å². The van der Waals surface area contributed by atoms with E-state index in [9.17, 15) is 9.59 Å². The van der Waals surface area contributed by atoms with Crippen LogP contribution in [0.15, 0.2) is 25.3 Å². The van der Waals surface area contributed by atoms with Crippen molar-refractivity contribution in [3.05, 3.63) is 25.3 Å². The minimum atomic E-state index is -0.805. The van der Waals surface area contributed by atoms with E-state index < -0.39 is 5.97 Å². The van der Waals surface area contributed by atoms with Crippen molar-refractivity contribution in [2.75, 3.05) is 32.8 Å². The Labute approximate surface area is 137 Å². The van der Waals surface area contributed by atoms with Crippen molar-refractivity contribution in [1.82, 2.24) is 9.80 Å². The Kier molecular flexibility index (Phi) is 5.82. The third-order valence-electron chi connectivity index (χ3n) is 4.77. The molecule has 1 unspecified atom stereocenters. The molecule has 1 N–H and O–H groups in total. The second kappa shape index (κ2) is 7.64. The van der Waals surface area contributed by atoms with Crippen LogP contribution in [0.4, 0.5) is 4.79 Å². The molecule has 0 saturated carbocycles. The maximum atomic E-state index is 13.0. The average Bonchev–Trinajstić information content (AvgIpc) is 2.84. The van der Waals surface area contributed by atoms with E-state index in [0.29, 0.717) is 32.8 Å². The van der Waals surface area contributed by atoms with Crippen molar-refractivity contribution >= 4 is 12.0 Å². The van der Waals surface area contributed by atoms with Crippen LogP contribution in [0.25, 0.3) is 0 Å². The van der Waals surface area contributed by atoms with Crippen LogP contribution in [-0.4, -0.2) is 65.3 Å². The smallest absolute Gasteiger partial charge is 0.321 e. The molecule has 6 nitrogen and oxygen atoms in total. The van der Waals surface area contributed by atoms with Crippen LogP contribution < -0.4 is 0 Å². The summed E-state index contributed by atoms with van der Waals surface area (Å²) >= 11 is 0. The van der Waals surface area contributed by atoms with Gasteiger partial charge in [-0.15, -0.1) is 13.2 Å². The van der Waals surface area contributed by atoms with E-state index in [1.54, 1.807) is 17.1 Å². The molecule has 1 atom stereocenters. The molecule has 6 heteroatoms. The number of amides is 2. The molecule has 2 saturated heterocycles. The SMILES string of the molecule is C=CCN(CC=C)C(=O)N1CC(CC(=O)O)CC12CCOCC2. The maximum Gasteiger partial charge on any atom is 0.321 e. The maximum absolute atomic E-state index is 13.0. The number of likely N-dealkylation sites (tertiary alicyclic amines) is 1. The first kappa shape index (κ1) is 17.5. The molecule has 1 spiro atoms. The number of hydrogen-bond donors (Lipinski definition) is 1. The summed E-state index contributed by atoms with van der Waals surface area (Å²) in [6.45, 7) is 10.1. The van der Waals surface area contributed by atoms with Crippen LogP contribution in [0.2, 0.25) is 0 Å². The van der Waals surface area contributed by atoms with Crippen LogP contribution in [0, 0.1) is 5.92 Å². The molecule has 0 radical (unpaired) electrons. The van der Waals surface area contributed by atoms with Gasteiger partial charge in [0.15, 0.2) is 0 Å². The van der Waals surface area contributed by atoms with Crippen LogP contribution in [0.5, 0.6) is 0 Å². The van der Waals surface area contributed by atoms with Crippen molar-refractivity contribution in [1.29, 1.82) is 0 Å². The molecule has 128 valence electrons. The number of carbonyl (C=O) groups excluding carboxylic acids is 1. The molecule has 0 aromatic rings. The topological polar surface area (TPSA) is 70.1 Å². The van der Waals surface area contributed by atoms with Gasteiger partial charge in [-0.25, -0.2) is 4.79 Å². The highest BCUT2D eigenvalue weighted by Gasteiger charge is 2.49. The lowest BCUT2D eigenvalue weighted by molar-refractivity contribution is -0.138. The van der Waals surface area contributed by atoms with Crippen molar-refractivity contribution in [3.8, 4) is 0 Å². The molecule has 23 heavy (non-hydrogen) atoms. The van der Waals surface area contributed by atoms with Gasteiger partial charge in [-0.1, -0.05) is 12.2 Å². The average molecular weight is 322 g/mol. The highest BCUT2D eigenvalue weighted by molar-refractivity contribution is 5.76. The standard InChI is InChI=1S/C17H26N2O4/c1-3-7-18(8-4-2)16(22)19-13-14(11-15(20)21)12-17(19)5-9-23-10-6-17/h3-4,14H,1-2,5-13H2,(H,20,21). The molecule has 0 aromatic carbocycles. The Morgan fingerprint density at radius 2 is 1.87 bits per heavy atom. The molecule has 0 aromatic heterocycles. The molecule has 0 aliphatic carbocycles. The third-order valence-corrected chi connectivity index (χ3v) is 4.77. The van der Waals surface area contributed by atoms with Crippen molar-refractivity contribution in [2.45, 2.75) is 31.2 Å². The van der Waals surface area contributed by atoms with Crippen LogP contribution in [-0.2, 0) is 9.53 Å². The van der Waals surface area contributed by atoms with Gasteiger partial charge in [0.25, 0.3) is 0 Å². The number of urea groups is 1. The first-order chi connectivity index (χ1) is 11.0. The fourth-order valence-electron chi connectivity index (χ4n) is 3.77. The number of carbonyl (C=O) groups is 2. The third kappa shape index (κ3) is 3.93. The normalized spacial score (nSPS) is 22.8. The first-order valence-corrected chi connectivity index (χ1v) is 8.10. The Morgan fingerprint density at radius 1 is 1.26 bits per heavy atom. The molecule has 2 heterocycles. The van der Waals surface area contributed by atoms with Gasteiger partial charge in [0, 0.05) is 44.8 Å². The minimum absolute atomic E-state index is 0.00358. The van der Waals surface area contributed by atoms with Gasteiger partial charge in [-0.3, -0.25) is 4.79 Å². The number of hydrogen-bond acceptors (Lipinski definition) is 3. The van der Waals surface area contributed by atoms with Crippen molar-refractivity contribution < 1.29 is 19.4 Å². The van der Waals surface area contributed by atoms with Gasteiger partial charge in [0.05, 0.1) is 0 Å². The number of rotatable bonds is 6. The zero-order chi connectivity index (χ0) is 16.9. The molecule has 2 aliphatic heterocycles. The molecule has 2 rings (SSSR count). The summed E-state index contributed by atoms with van der Waals surface area (Å²) in [6, 6.07) is -0.0559. The molecular formula is C17H26N2O4. The molecular weight excluding hydrogens is 296 g/mol. The number of carboxylic acids is 1. The molecule has 2 aliphatic rings. The van der Waals surface area contributed by atoms with E-state index >= 15 is 0 Å². The molecule has 2 amide bonds. The fourth-order valence-corrected chi connectivity index (χ4v) is 3.77. The van der Waals surface area contributed by atoms with Gasteiger partial charge < -0.3 is 19.6 Å². The Balaban J connectivity index is 2.20. The largest absolute Gasteiger partial charge is 0.481 e. The first-order valence-electron chi connectivity index (χ1n) is 8.10. The van der Waals surface area contributed by atoms with E-state index in [-0.39, 0.29) is 23.9 Å². The van der Waals surface area contributed by atoms with E-state index in [0.717, 1.165) is 19.3 Å². The van der Waals surface area contributed by atoms with Crippen molar-refractivity contribution in [2.24, 2.45) is 5.92 Å². The fraction of sp³-hybridized carbons (Fsp3) is 0.647. The number of aliphatic carboxylic acids is 1. The monoisotopic (exact) mass is 322 g/mol. The van der Waals surface area contributed by atoms with E-state index in [1.165, 1.54) is 0 Å². The van der Waals surface area contributed by atoms with Gasteiger partial charge >= 0.3 is 12.0 Å². The summed E-state index contributed by atoms with van der Waals surface area (Å²) in [5.74, 6) is -0.801. The Bertz CT molecular complexity index is 461. The molecule has 2 fully saturated rings. The van der Waals surface area contributed by atoms with Gasteiger partial charge in [-0.2, -0.15) is 0 Å². The lowest BCUT2D eigenvalue weighted by Crippen LogP contribution is -2.55. The second-order valence-corrected chi connectivity index (χ2v) is 6.38. The quantitative estimate of drug-likeness (QED) is 0.761. The number of carboxylic acid groups (broad SMARTS) is 1. The summed E-state index contributed by atoms with van der Waals surface area (Å²) in [5.41, 5.74) is -0.268. The highest BCUT2D eigenvalue weighted by atomic mass is 16.5. The minimum Gasteiger partial charge on any atom is -0.481 e. The van der Waals surface area contributed by atoms with Crippen LogP contribution in [0.3, 0.4) is 0 Å². The summed E-state index contributed by atoms with van der Waals surface area (Å²) in [5, 5.41) is 9.10. The summed E-state index contributed by atoms with van der Waals surface area (Å²) in [6.07, 6.45) is 5.78. The van der Waals surface area contributed by atoms with Crippen molar-refractivity contribution in [3.63, 3.8) is 0 Å². The van der Waals surface area contributed by atoms with E-state index in [1.807, 2.05) is 4.90 Å². The molecule has 0 bridgehead atoms. The van der Waals surface area contributed by atoms with Crippen LogP contribution >= 0.6 is 0 Å². The summed E-state index contributed by atoms with van der Waals surface area (Å²) in [7, 11) is 0. The zero-order valence-electron chi connectivity index (χ0n) is 13.6. The van der Waals surface area contributed by atoms with E-state index in [4.69, 9.17) is 9.84 Å². The van der Waals surface area contributed by atoms with E-state index in [2.05, 4.69) is 13.2 Å². The predicted molar refractivity (Wildman–Crippen MR) is 87.2 cm³/mol. The Morgan fingerprint density at radius 3 is 2.39 bits per heavy atom. The highest BCUT2D eigenvalue weighted by Crippen LogP contribution is 2.42. The number of ether oxygens (including phenoxy) is 1.